The summed E-state index contributed by atoms with van der Waals surface area (Å²) in [5.41, 5.74) is 2.91. The lowest BCUT2D eigenvalue weighted by Gasteiger charge is -2.21. The van der Waals surface area contributed by atoms with Crippen LogP contribution in [0.1, 0.15) is 42.5 Å². The maximum absolute atomic E-state index is 12.2. The van der Waals surface area contributed by atoms with E-state index in [0.29, 0.717) is 17.3 Å². The normalized spacial score (nSPS) is 16.1. The molecule has 0 aliphatic heterocycles. The van der Waals surface area contributed by atoms with E-state index in [4.69, 9.17) is 5.84 Å². The van der Waals surface area contributed by atoms with Crippen LogP contribution in [0.5, 0.6) is 0 Å². The number of pyridine rings is 1. The molecule has 6 heteroatoms. The van der Waals surface area contributed by atoms with E-state index in [-0.39, 0.29) is 5.91 Å². The number of rotatable bonds is 4. The maximum Gasteiger partial charge on any atom is 0.255 e. The molecule has 0 bridgehead atoms. The minimum Gasteiger partial charge on any atom is -0.352 e. The highest BCUT2D eigenvalue weighted by molar-refractivity contribution is 9.10. The van der Waals surface area contributed by atoms with Gasteiger partial charge in [0.25, 0.3) is 5.91 Å². The second kappa shape index (κ2) is 6.86. The van der Waals surface area contributed by atoms with Crippen LogP contribution in [0.2, 0.25) is 0 Å². The molecule has 0 atom stereocenters. The Morgan fingerprint density at radius 1 is 1.42 bits per heavy atom. The number of nitrogen functional groups attached to an aromatic ring is 1. The fourth-order valence-electron chi connectivity index (χ4n) is 2.45. The molecule has 0 saturated heterocycles. The molecule has 2 rings (SSSR count). The van der Waals surface area contributed by atoms with Crippen molar-refractivity contribution in [2.24, 2.45) is 11.8 Å². The van der Waals surface area contributed by atoms with Crippen LogP contribution in [-0.4, -0.2) is 17.4 Å². The highest BCUT2D eigenvalue weighted by atomic mass is 79.9. The van der Waals surface area contributed by atoms with Gasteiger partial charge in [0.05, 0.1) is 5.56 Å². The SMILES string of the molecule is NNc1ncc(Br)cc1C(=O)NCC1CCCCC1. The lowest BCUT2D eigenvalue weighted by atomic mass is 9.89. The molecule has 0 spiro atoms. The van der Waals surface area contributed by atoms with Gasteiger partial charge >= 0.3 is 0 Å². The van der Waals surface area contributed by atoms with Crippen molar-refractivity contribution in [1.29, 1.82) is 0 Å². The van der Waals surface area contributed by atoms with Crippen molar-refractivity contribution in [3.05, 3.63) is 22.3 Å². The summed E-state index contributed by atoms with van der Waals surface area (Å²) in [5, 5.41) is 2.98. The Morgan fingerprint density at radius 3 is 2.84 bits per heavy atom. The Morgan fingerprint density at radius 2 is 2.16 bits per heavy atom. The van der Waals surface area contributed by atoms with Gasteiger partial charge in [-0.15, -0.1) is 0 Å². The van der Waals surface area contributed by atoms with Crippen LogP contribution in [0.15, 0.2) is 16.7 Å². The van der Waals surface area contributed by atoms with Crippen molar-refractivity contribution in [3.63, 3.8) is 0 Å². The third-order valence-electron chi connectivity index (χ3n) is 3.51. The Kier molecular flexibility index (Phi) is 5.15. The summed E-state index contributed by atoms with van der Waals surface area (Å²) in [7, 11) is 0. The summed E-state index contributed by atoms with van der Waals surface area (Å²) in [5.74, 6) is 6.23. The number of halogens is 1. The average molecular weight is 327 g/mol. The molecule has 5 nitrogen and oxygen atoms in total. The lowest BCUT2D eigenvalue weighted by molar-refractivity contribution is 0.0944. The zero-order valence-corrected chi connectivity index (χ0v) is 12.4. The van der Waals surface area contributed by atoms with E-state index in [1.165, 1.54) is 32.1 Å². The Labute approximate surface area is 121 Å². The smallest absolute Gasteiger partial charge is 0.255 e. The van der Waals surface area contributed by atoms with E-state index in [2.05, 4.69) is 31.7 Å². The van der Waals surface area contributed by atoms with Crippen LogP contribution in [0.25, 0.3) is 0 Å². The number of nitrogens with one attached hydrogen (secondary N) is 2. The predicted octanol–water partition coefficient (Wildman–Crippen LogP) is 2.44. The van der Waals surface area contributed by atoms with Crippen LogP contribution in [0.4, 0.5) is 5.82 Å². The first kappa shape index (κ1) is 14.3. The molecule has 104 valence electrons. The molecule has 1 aliphatic rings. The van der Waals surface area contributed by atoms with Crippen molar-refractivity contribution in [2.75, 3.05) is 12.0 Å². The van der Waals surface area contributed by atoms with Gasteiger partial charge in [-0.3, -0.25) is 4.79 Å². The molecule has 1 fully saturated rings. The molecular weight excluding hydrogens is 308 g/mol. The number of nitrogens with zero attached hydrogens (tertiary/aromatic N) is 1. The van der Waals surface area contributed by atoms with Gasteiger partial charge in [0.1, 0.15) is 0 Å². The van der Waals surface area contributed by atoms with Gasteiger partial charge in [-0.1, -0.05) is 19.3 Å². The van der Waals surface area contributed by atoms with Gasteiger partial charge in [-0.05, 0) is 40.8 Å². The summed E-state index contributed by atoms with van der Waals surface area (Å²) >= 11 is 3.31. The monoisotopic (exact) mass is 326 g/mol. The van der Waals surface area contributed by atoms with E-state index in [0.717, 1.165) is 11.0 Å². The van der Waals surface area contributed by atoms with E-state index in [9.17, 15) is 4.79 Å². The molecule has 1 aromatic heterocycles. The highest BCUT2D eigenvalue weighted by Gasteiger charge is 2.17. The second-order valence-corrected chi connectivity index (χ2v) is 5.82. The van der Waals surface area contributed by atoms with Gasteiger partial charge in [0.15, 0.2) is 5.82 Å². The number of nitrogens with two attached hydrogens (primary N) is 1. The molecule has 0 aromatic carbocycles. The van der Waals surface area contributed by atoms with Crippen molar-refractivity contribution < 1.29 is 4.79 Å². The molecule has 0 radical (unpaired) electrons. The predicted molar refractivity (Wildman–Crippen MR) is 78.7 cm³/mol. The van der Waals surface area contributed by atoms with Gasteiger partial charge in [-0.25, -0.2) is 10.8 Å². The number of amides is 1. The zero-order valence-electron chi connectivity index (χ0n) is 10.8. The number of anilines is 1. The maximum atomic E-state index is 12.2. The number of carbonyl (C=O) groups is 1. The average Bonchev–Trinajstić information content (AvgIpc) is 2.46. The zero-order chi connectivity index (χ0) is 13.7. The Hall–Kier alpha value is -1.14. The second-order valence-electron chi connectivity index (χ2n) is 4.91. The molecule has 1 aromatic rings. The van der Waals surface area contributed by atoms with Crippen molar-refractivity contribution in [2.45, 2.75) is 32.1 Å². The quantitative estimate of drug-likeness (QED) is 0.586. The first-order valence-electron chi connectivity index (χ1n) is 6.61. The standard InChI is InChI=1S/C13H19BrN4O/c14-10-6-11(12(18-15)16-8-10)13(19)17-7-9-4-2-1-3-5-9/h6,8-9H,1-5,7,15H2,(H,16,18)(H,17,19). The molecule has 19 heavy (non-hydrogen) atoms. The van der Waals surface area contributed by atoms with Gasteiger partial charge in [-0.2, -0.15) is 0 Å². The fraction of sp³-hybridized carbons (Fsp3) is 0.538. The Bertz CT molecular complexity index is 446. The third-order valence-corrected chi connectivity index (χ3v) is 3.95. The molecule has 1 saturated carbocycles. The van der Waals surface area contributed by atoms with Crippen molar-refractivity contribution in [3.8, 4) is 0 Å². The summed E-state index contributed by atoms with van der Waals surface area (Å²) in [6.45, 7) is 0.732. The summed E-state index contributed by atoms with van der Waals surface area (Å²) in [4.78, 5) is 16.2. The summed E-state index contributed by atoms with van der Waals surface area (Å²) in [6.07, 6.45) is 7.88. The van der Waals surface area contributed by atoms with Crippen LogP contribution < -0.4 is 16.6 Å². The molecule has 1 aliphatic carbocycles. The first-order valence-corrected chi connectivity index (χ1v) is 7.40. The lowest BCUT2D eigenvalue weighted by Crippen LogP contribution is -2.31. The van der Waals surface area contributed by atoms with Crippen LogP contribution >= 0.6 is 15.9 Å². The number of hydrazine groups is 1. The molecule has 1 heterocycles. The topological polar surface area (TPSA) is 80.0 Å². The summed E-state index contributed by atoms with van der Waals surface area (Å²) < 4.78 is 0.759. The van der Waals surface area contributed by atoms with Crippen LogP contribution in [0, 0.1) is 5.92 Å². The van der Waals surface area contributed by atoms with E-state index in [1.54, 1.807) is 12.3 Å². The van der Waals surface area contributed by atoms with Gasteiger partial charge < -0.3 is 10.7 Å². The van der Waals surface area contributed by atoms with Gasteiger partial charge in [0, 0.05) is 17.2 Å². The summed E-state index contributed by atoms with van der Waals surface area (Å²) in [6, 6.07) is 1.72. The third kappa shape index (κ3) is 3.91. The fourth-order valence-corrected chi connectivity index (χ4v) is 2.78. The van der Waals surface area contributed by atoms with Gasteiger partial charge in [0.2, 0.25) is 0 Å². The van der Waals surface area contributed by atoms with Crippen molar-refractivity contribution in [1.82, 2.24) is 10.3 Å². The number of carbonyl (C=O) groups excluding carboxylic acids is 1. The first-order chi connectivity index (χ1) is 9.20. The molecular formula is C13H19BrN4O. The minimum atomic E-state index is -0.132. The largest absolute Gasteiger partial charge is 0.352 e. The Balaban J connectivity index is 1.97. The minimum absolute atomic E-state index is 0.132. The number of aromatic nitrogens is 1. The van der Waals surface area contributed by atoms with E-state index >= 15 is 0 Å². The van der Waals surface area contributed by atoms with E-state index in [1.807, 2.05) is 0 Å². The van der Waals surface area contributed by atoms with Crippen LogP contribution in [0.3, 0.4) is 0 Å². The molecule has 0 unspecified atom stereocenters. The van der Waals surface area contributed by atoms with Crippen molar-refractivity contribution >= 4 is 27.7 Å². The van der Waals surface area contributed by atoms with Crippen LogP contribution in [-0.2, 0) is 0 Å². The number of hydrogen-bond donors (Lipinski definition) is 3. The van der Waals surface area contributed by atoms with E-state index < -0.39 is 0 Å². The number of hydrogen-bond acceptors (Lipinski definition) is 4. The highest BCUT2D eigenvalue weighted by Crippen LogP contribution is 2.23. The molecule has 1 amide bonds. The molecule has 4 N–H and O–H groups in total.